The Labute approximate surface area is 126 Å². The average Bonchev–Trinajstić information content (AvgIpc) is 3.06. The van der Waals surface area contributed by atoms with E-state index in [1.165, 1.54) is 0 Å². The fourth-order valence-electron chi connectivity index (χ4n) is 2.40. The maximum atomic E-state index is 11.4. The van der Waals surface area contributed by atoms with Crippen LogP contribution in [0.3, 0.4) is 0 Å². The maximum Gasteiger partial charge on any atom is 0.337 e. The van der Waals surface area contributed by atoms with Crippen molar-refractivity contribution in [2.45, 2.75) is 26.3 Å². The second kappa shape index (κ2) is 5.33. The molecule has 0 amide bonds. The van der Waals surface area contributed by atoms with Gasteiger partial charge in [0.15, 0.2) is 0 Å². The lowest BCUT2D eigenvalue weighted by Gasteiger charge is -2.06. The van der Waals surface area contributed by atoms with E-state index in [0.717, 1.165) is 21.6 Å². The topological polar surface area (TPSA) is 55.1 Å². The number of carboxylic acid groups (broad SMARTS) is 1. The van der Waals surface area contributed by atoms with Crippen LogP contribution < -0.4 is 0 Å². The van der Waals surface area contributed by atoms with Crippen molar-refractivity contribution in [2.75, 3.05) is 0 Å². The van der Waals surface area contributed by atoms with Crippen molar-refractivity contribution in [1.82, 2.24) is 9.55 Å². The molecule has 0 aliphatic rings. The molecule has 0 saturated heterocycles. The molecule has 21 heavy (non-hydrogen) atoms. The molecule has 0 unspecified atom stereocenters. The molecule has 0 atom stereocenters. The molecule has 0 fully saturated rings. The van der Waals surface area contributed by atoms with Crippen molar-refractivity contribution in [2.24, 2.45) is 0 Å². The maximum absolute atomic E-state index is 11.4. The van der Waals surface area contributed by atoms with Gasteiger partial charge in [-0.2, -0.15) is 0 Å². The van der Waals surface area contributed by atoms with E-state index in [4.69, 9.17) is 0 Å². The molecule has 3 aromatic rings. The van der Waals surface area contributed by atoms with Crippen LogP contribution in [-0.4, -0.2) is 20.6 Å². The van der Waals surface area contributed by atoms with E-state index in [1.807, 2.05) is 28.3 Å². The van der Waals surface area contributed by atoms with E-state index >= 15 is 0 Å². The monoisotopic (exact) mass is 300 g/mol. The van der Waals surface area contributed by atoms with Gasteiger partial charge in [0.1, 0.15) is 0 Å². The molecule has 0 aliphatic carbocycles. The van der Waals surface area contributed by atoms with E-state index in [1.54, 1.807) is 23.5 Å². The zero-order valence-electron chi connectivity index (χ0n) is 11.9. The number of carboxylic acids is 1. The van der Waals surface area contributed by atoms with Crippen LogP contribution in [0.1, 0.15) is 40.8 Å². The normalized spacial score (nSPS) is 11.4. The Morgan fingerprint density at radius 2 is 2.19 bits per heavy atom. The van der Waals surface area contributed by atoms with Crippen LogP contribution >= 0.6 is 11.3 Å². The van der Waals surface area contributed by atoms with Crippen molar-refractivity contribution >= 4 is 28.2 Å². The third kappa shape index (κ3) is 2.56. The van der Waals surface area contributed by atoms with Crippen LogP contribution in [0, 0.1) is 0 Å². The third-order valence-corrected chi connectivity index (χ3v) is 4.61. The van der Waals surface area contributed by atoms with Crippen LogP contribution in [0.4, 0.5) is 0 Å². The molecule has 0 bridgehead atoms. The summed E-state index contributed by atoms with van der Waals surface area (Å²) in [6.45, 7) is 4.84. The summed E-state index contributed by atoms with van der Waals surface area (Å²) in [5.41, 5.74) is 2.06. The number of aromatic carboxylic acids is 1. The summed E-state index contributed by atoms with van der Waals surface area (Å²) >= 11 is 1.65. The molecule has 4 nitrogen and oxygen atoms in total. The SMILES string of the molecule is CC(C)c1nc(Cn2ccc3cccc(C(=O)O)c32)cs1. The van der Waals surface area contributed by atoms with E-state index < -0.39 is 5.97 Å². The van der Waals surface area contributed by atoms with Crippen LogP contribution in [0.2, 0.25) is 0 Å². The number of hydrogen-bond acceptors (Lipinski definition) is 3. The molecule has 1 aromatic carbocycles. The Kier molecular flexibility index (Phi) is 3.51. The van der Waals surface area contributed by atoms with Gasteiger partial charge in [-0.05, 0) is 12.1 Å². The Hall–Kier alpha value is -2.14. The van der Waals surface area contributed by atoms with Gasteiger partial charge in [-0.15, -0.1) is 11.3 Å². The van der Waals surface area contributed by atoms with Gasteiger partial charge in [-0.1, -0.05) is 26.0 Å². The Morgan fingerprint density at radius 3 is 2.86 bits per heavy atom. The van der Waals surface area contributed by atoms with Gasteiger partial charge in [0.05, 0.1) is 28.3 Å². The number of hydrogen-bond donors (Lipinski definition) is 1. The van der Waals surface area contributed by atoms with E-state index in [0.29, 0.717) is 18.0 Å². The lowest BCUT2D eigenvalue weighted by molar-refractivity contribution is 0.0698. The van der Waals surface area contributed by atoms with Crippen molar-refractivity contribution < 1.29 is 9.90 Å². The van der Waals surface area contributed by atoms with Gasteiger partial charge in [-0.25, -0.2) is 9.78 Å². The van der Waals surface area contributed by atoms with Crippen LogP contribution in [0.15, 0.2) is 35.8 Å². The number of nitrogens with zero attached hydrogens (tertiary/aromatic N) is 2. The summed E-state index contributed by atoms with van der Waals surface area (Å²) in [6.07, 6.45) is 1.92. The number of carbonyl (C=O) groups is 1. The highest BCUT2D eigenvalue weighted by Gasteiger charge is 2.13. The Morgan fingerprint density at radius 1 is 1.38 bits per heavy atom. The minimum Gasteiger partial charge on any atom is -0.478 e. The van der Waals surface area contributed by atoms with Crippen molar-refractivity contribution in [3.8, 4) is 0 Å². The summed E-state index contributed by atoms with van der Waals surface area (Å²) in [5.74, 6) is -0.485. The largest absolute Gasteiger partial charge is 0.478 e. The standard InChI is InChI=1S/C16H16N2O2S/c1-10(2)15-17-12(9-21-15)8-18-7-6-11-4-3-5-13(14(11)18)16(19)20/h3-7,9-10H,8H2,1-2H3,(H,19,20). The fourth-order valence-corrected chi connectivity index (χ4v) is 3.23. The Balaban J connectivity index is 2.02. The molecule has 3 rings (SSSR count). The molecule has 0 spiro atoms. The predicted octanol–water partition coefficient (Wildman–Crippen LogP) is 3.97. The smallest absolute Gasteiger partial charge is 0.337 e. The molecule has 0 saturated carbocycles. The van der Waals surface area contributed by atoms with Gasteiger partial charge in [0.2, 0.25) is 0 Å². The summed E-state index contributed by atoms with van der Waals surface area (Å²) in [6, 6.07) is 7.29. The van der Waals surface area contributed by atoms with Gasteiger partial charge in [0, 0.05) is 22.9 Å². The number of para-hydroxylation sites is 1. The minimum atomic E-state index is -0.901. The second-order valence-corrected chi connectivity index (χ2v) is 6.21. The Bertz CT molecular complexity index is 802. The van der Waals surface area contributed by atoms with Crippen LogP contribution in [-0.2, 0) is 6.54 Å². The lowest BCUT2D eigenvalue weighted by atomic mass is 10.1. The van der Waals surface area contributed by atoms with Crippen molar-refractivity contribution in [3.63, 3.8) is 0 Å². The zero-order chi connectivity index (χ0) is 15.0. The molecule has 2 heterocycles. The highest BCUT2D eigenvalue weighted by atomic mass is 32.1. The van der Waals surface area contributed by atoms with E-state index in [-0.39, 0.29) is 0 Å². The molecule has 5 heteroatoms. The first-order chi connectivity index (χ1) is 10.1. The first-order valence-electron chi connectivity index (χ1n) is 6.81. The molecule has 2 aromatic heterocycles. The summed E-state index contributed by atoms with van der Waals surface area (Å²) in [5, 5.41) is 13.4. The van der Waals surface area contributed by atoms with Crippen LogP contribution in [0.25, 0.3) is 10.9 Å². The van der Waals surface area contributed by atoms with E-state index in [9.17, 15) is 9.90 Å². The van der Waals surface area contributed by atoms with Crippen molar-refractivity contribution in [3.05, 3.63) is 52.1 Å². The lowest BCUT2D eigenvalue weighted by Crippen LogP contribution is -2.04. The van der Waals surface area contributed by atoms with Gasteiger partial charge in [-0.3, -0.25) is 0 Å². The number of aromatic nitrogens is 2. The molecule has 108 valence electrons. The molecular weight excluding hydrogens is 284 g/mol. The van der Waals surface area contributed by atoms with Gasteiger partial charge in [0.25, 0.3) is 0 Å². The number of benzene rings is 1. The van der Waals surface area contributed by atoms with E-state index in [2.05, 4.69) is 18.8 Å². The molecule has 0 aliphatic heterocycles. The molecule has 0 radical (unpaired) electrons. The predicted molar refractivity (Wildman–Crippen MR) is 84.2 cm³/mol. The second-order valence-electron chi connectivity index (χ2n) is 5.32. The number of thiazole rings is 1. The van der Waals surface area contributed by atoms with Gasteiger partial charge >= 0.3 is 5.97 Å². The quantitative estimate of drug-likeness (QED) is 0.793. The summed E-state index contributed by atoms with van der Waals surface area (Å²) < 4.78 is 1.96. The number of fused-ring (bicyclic) bond motifs is 1. The highest BCUT2D eigenvalue weighted by Crippen LogP contribution is 2.24. The minimum absolute atomic E-state index is 0.330. The van der Waals surface area contributed by atoms with Crippen LogP contribution in [0.5, 0.6) is 0 Å². The fraction of sp³-hybridized carbons (Fsp3) is 0.250. The average molecular weight is 300 g/mol. The first-order valence-corrected chi connectivity index (χ1v) is 7.69. The first kappa shape index (κ1) is 13.8. The number of rotatable bonds is 4. The molecule has 1 N–H and O–H groups in total. The van der Waals surface area contributed by atoms with Gasteiger partial charge < -0.3 is 9.67 Å². The zero-order valence-corrected chi connectivity index (χ0v) is 12.7. The molecular formula is C16H16N2O2S. The summed E-state index contributed by atoms with van der Waals surface area (Å²) in [7, 11) is 0. The summed E-state index contributed by atoms with van der Waals surface area (Å²) in [4.78, 5) is 16.0. The third-order valence-electron chi connectivity index (χ3n) is 3.41. The van der Waals surface area contributed by atoms with Crippen molar-refractivity contribution in [1.29, 1.82) is 0 Å². The highest BCUT2D eigenvalue weighted by molar-refractivity contribution is 7.09.